The molecule has 1 aromatic carbocycles. The molecule has 0 aromatic heterocycles. The van der Waals surface area contributed by atoms with E-state index in [9.17, 15) is 9.90 Å². The van der Waals surface area contributed by atoms with Gasteiger partial charge in [-0.2, -0.15) is 0 Å². The number of carbonyl (C=O) groups is 1. The van der Waals surface area contributed by atoms with E-state index in [-0.39, 0.29) is 5.92 Å². The quantitative estimate of drug-likeness (QED) is 0.921. The average Bonchev–Trinajstić information content (AvgIpc) is 3.27. The lowest BCUT2D eigenvalue weighted by molar-refractivity contribution is -0.134. The predicted molar refractivity (Wildman–Crippen MR) is 86.6 cm³/mol. The Morgan fingerprint density at radius 2 is 1.82 bits per heavy atom. The summed E-state index contributed by atoms with van der Waals surface area (Å²) in [5.74, 6) is 0.920. The fourth-order valence-corrected chi connectivity index (χ4v) is 3.44. The Bertz CT molecular complexity index is 516. The van der Waals surface area contributed by atoms with Gasteiger partial charge in [0.1, 0.15) is 0 Å². The first-order valence-corrected chi connectivity index (χ1v) is 8.22. The second-order valence-electron chi connectivity index (χ2n) is 7.27. The SMILES string of the molecule is CC(C)(O)CN1CCN(C(=O)C2CC2c2ccccc2)CC1. The summed E-state index contributed by atoms with van der Waals surface area (Å²) in [5.41, 5.74) is 0.627. The van der Waals surface area contributed by atoms with Gasteiger partial charge in [0.25, 0.3) is 0 Å². The van der Waals surface area contributed by atoms with Gasteiger partial charge in [0.15, 0.2) is 0 Å². The van der Waals surface area contributed by atoms with Crippen LogP contribution in [0.4, 0.5) is 0 Å². The third kappa shape index (κ3) is 3.68. The van der Waals surface area contributed by atoms with Crippen molar-refractivity contribution in [3.63, 3.8) is 0 Å². The molecule has 4 nitrogen and oxygen atoms in total. The van der Waals surface area contributed by atoms with E-state index >= 15 is 0 Å². The maximum Gasteiger partial charge on any atom is 0.226 e. The summed E-state index contributed by atoms with van der Waals surface area (Å²) >= 11 is 0. The number of nitrogens with zero attached hydrogens (tertiary/aromatic N) is 2. The second kappa shape index (κ2) is 6.01. The number of piperazine rings is 1. The van der Waals surface area contributed by atoms with Gasteiger partial charge in [-0.1, -0.05) is 30.3 Å². The molecule has 1 N–H and O–H groups in total. The molecule has 1 aromatic rings. The van der Waals surface area contributed by atoms with E-state index in [1.807, 2.05) is 36.9 Å². The van der Waals surface area contributed by atoms with Crippen LogP contribution in [0.2, 0.25) is 0 Å². The van der Waals surface area contributed by atoms with Gasteiger partial charge in [-0.25, -0.2) is 0 Å². The molecule has 2 fully saturated rings. The van der Waals surface area contributed by atoms with Crippen LogP contribution in [0.5, 0.6) is 0 Å². The molecule has 0 bridgehead atoms. The molecule has 2 aliphatic rings. The minimum absolute atomic E-state index is 0.184. The molecule has 120 valence electrons. The van der Waals surface area contributed by atoms with Crippen molar-refractivity contribution in [2.75, 3.05) is 32.7 Å². The van der Waals surface area contributed by atoms with Crippen LogP contribution in [0.15, 0.2) is 30.3 Å². The van der Waals surface area contributed by atoms with Crippen molar-refractivity contribution in [3.05, 3.63) is 35.9 Å². The van der Waals surface area contributed by atoms with Crippen LogP contribution in [0.3, 0.4) is 0 Å². The van der Waals surface area contributed by atoms with Crippen LogP contribution >= 0.6 is 0 Å². The molecule has 3 rings (SSSR count). The molecule has 0 spiro atoms. The van der Waals surface area contributed by atoms with Crippen LogP contribution in [-0.2, 0) is 4.79 Å². The van der Waals surface area contributed by atoms with Crippen LogP contribution in [-0.4, -0.2) is 59.1 Å². The fraction of sp³-hybridized carbons (Fsp3) is 0.611. The van der Waals surface area contributed by atoms with E-state index in [2.05, 4.69) is 17.0 Å². The van der Waals surface area contributed by atoms with Crippen molar-refractivity contribution in [2.45, 2.75) is 31.8 Å². The monoisotopic (exact) mass is 302 g/mol. The van der Waals surface area contributed by atoms with Gasteiger partial charge in [0.05, 0.1) is 5.60 Å². The number of amides is 1. The summed E-state index contributed by atoms with van der Waals surface area (Å²) in [4.78, 5) is 16.8. The summed E-state index contributed by atoms with van der Waals surface area (Å²) in [6.45, 7) is 7.63. The van der Waals surface area contributed by atoms with Crippen LogP contribution in [0.1, 0.15) is 31.7 Å². The molecule has 0 radical (unpaired) electrons. The molecule has 1 aliphatic carbocycles. The Morgan fingerprint density at radius 1 is 1.18 bits per heavy atom. The number of hydrogen-bond donors (Lipinski definition) is 1. The van der Waals surface area contributed by atoms with Gasteiger partial charge in [0, 0.05) is 38.6 Å². The smallest absolute Gasteiger partial charge is 0.226 e. The molecule has 2 atom stereocenters. The number of hydrogen-bond acceptors (Lipinski definition) is 3. The number of aliphatic hydroxyl groups is 1. The zero-order chi connectivity index (χ0) is 15.7. The highest BCUT2D eigenvalue weighted by Crippen LogP contribution is 2.48. The number of rotatable bonds is 4. The van der Waals surface area contributed by atoms with E-state index < -0.39 is 5.60 Å². The number of benzene rings is 1. The van der Waals surface area contributed by atoms with Crippen molar-refractivity contribution in [2.24, 2.45) is 5.92 Å². The molecule has 1 saturated carbocycles. The first-order chi connectivity index (χ1) is 10.4. The van der Waals surface area contributed by atoms with Crippen molar-refractivity contribution in [1.82, 2.24) is 9.80 Å². The van der Waals surface area contributed by atoms with E-state index in [1.165, 1.54) is 5.56 Å². The minimum atomic E-state index is -0.666. The van der Waals surface area contributed by atoms with Gasteiger partial charge in [-0.05, 0) is 31.7 Å². The van der Waals surface area contributed by atoms with Gasteiger partial charge < -0.3 is 10.0 Å². The van der Waals surface area contributed by atoms with Crippen molar-refractivity contribution < 1.29 is 9.90 Å². The average molecular weight is 302 g/mol. The Kier molecular flexibility index (Phi) is 4.24. The first-order valence-electron chi connectivity index (χ1n) is 8.22. The third-order valence-electron chi connectivity index (χ3n) is 4.63. The molecule has 1 saturated heterocycles. The molecule has 2 unspecified atom stereocenters. The lowest BCUT2D eigenvalue weighted by atomic mass is 10.1. The summed E-state index contributed by atoms with van der Waals surface area (Å²) in [6.07, 6.45) is 0.993. The lowest BCUT2D eigenvalue weighted by Gasteiger charge is -2.37. The highest BCUT2D eigenvalue weighted by molar-refractivity contribution is 5.83. The molecule has 1 aliphatic heterocycles. The topological polar surface area (TPSA) is 43.8 Å². The highest BCUT2D eigenvalue weighted by atomic mass is 16.3. The second-order valence-corrected chi connectivity index (χ2v) is 7.27. The highest BCUT2D eigenvalue weighted by Gasteiger charge is 2.46. The van der Waals surface area contributed by atoms with Crippen LogP contribution in [0.25, 0.3) is 0 Å². The lowest BCUT2D eigenvalue weighted by Crippen LogP contribution is -2.52. The number of β-amino-alcohol motifs (C(OH)–C–C–N with tert-alkyl or cyclic N) is 1. The Balaban J connectivity index is 1.49. The largest absolute Gasteiger partial charge is 0.389 e. The molecule has 22 heavy (non-hydrogen) atoms. The summed E-state index contributed by atoms with van der Waals surface area (Å²) in [7, 11) is 0. The van der Waals surface area contributed by atoms with E-state index in [4.69, 9.17) is 0 Å². The predicted octanol–water partition coefficient (Wildman–Crippen LogP) is 1.71. The van der Waals surface area contributed by atoms with Crippen LogP contribution in [0, 0.1) is 5.92 Å². The Hall–Kier alpha value is -1.39. The van der Waals surface area contributed by atoms with Crippen molar-refractivity contribution in [1.29, 1.82) is 0 Å². The minimum Gasteiger partial charge on any atom is -0.389 e. The zero-order valence-corrected chi connectivity index (χ0v) is 13.5. The van der Waals surface area contributed by atoms with Crippen molar-refractivity contribution >= 4 is 5.91 Å². The fourth-order valence-electron chi connectivity index (χ4n) is 3.44. The Morgan fingerprint density at radius 3 is 2.41 bits per heavy atom. The molecule has 4 heteroatoms. The summed E-state index contributed by atoms with van der Waals surface area (Å²) < 4.78 is 0. The molecular formula is C18H26N2O2. The summed E-state index contributed by atoms with van der Waals surface area (Å²) in [6, 6.07) is 10.4. The summed E-state index contributed by atoms with van der Waals surface area (Å²) in [5, 5.41) is 9.88. The molecular weight excluding hydrogens is 276 g/mol. The van der Waals surface area contributed by atoms with Crippen LogP contribution < -0.4 is 0 Å². The van der Waals surface area contributed by atoms with E-state index in [0.29, 0.717) is 18.4 Å². The first kappa shape index (κ1) is 15.5. The van der Waals surface area contributed by atoms with E-state index in [1.54, 1.807) is 0 Å². The van der Waals surface area contributed by atoms with Gasteiger partial charge >= 0.3 is 0 Å². The maximum atomic E-state index is 12.6. The normalized spacial score (nSPS) is 26.0. The maximum absolute atomic E-state index is 12.6. The van der Waals surface area contributed by atoms with Gasteiger partial charge in [-0.3, -0.25) is 9.69 Å². The third-order valence-corrected chi connectivity index (χ3v) is 4.63. The Labute approximate surface area is 132 Å². The van der Waals surface area contributed by atoms with E-state index in [0.717, 1.165) is 32.6 Å². The van der Waals surface area contributed by atoms with Gasteiger partial charge in [-0.15, -0.1) is 0 Å². The molecule has 1 amide bonds. The number of carbonyl (C=O) groups excluding carboxylic acids is 1. The standard InChI is InChI=1S/C18H26N2O2/c1-18(2,22)13-19-8-10-20(11-9-19)17(21)16-12-15(16)14-6-4-3-5-7-14/h3-7,15-16,22H,8-13H2,1-2H3. The van der Waals surface area contributed by atoms with Crippen molar-refractivity contribution in [3.8, 4) is 0 Å². The zero-order valence-electron chi connectivity index (χ0n) is 13.5. The van der Waals surface area contributed by atoms with Gasteiger partial charge in [0.2, 0.25) is 5.91 Å². The molecule has 1 heterocycles.